The van der Waals surface area contributed by atoms with Crippen LogP contribution in [0.25, 0.3) is 0 Å². The van der Waals surface area contributed by atoms with E-state index in [0.29, 0.717) is 0 Å². The third kappa shape index (κ3) is 3.71. The molecule has 0 saturated carbocycles. The molecule has 0 unspecified atom stereocenters. The molecular weight excluding hydrogens is 261 g/mol. The molecule has 1 rings (SSSR count). The fraction of sp³-hybridized carbons (Fsp3) is 0.182. The van der Waals surface area contributed by atoms with Crippen molar-refractivity contribution >= 4 is 29.2 Å². The minimum Gasteiger partial charge on any atom is -0.306 e. The first-order chi connectivity index (χ1) is 8.58. The summed E-state index contributed by atoms with van der Waals surface area (Å²) in [4.78, 5) is 22.4. The van der Waals surface area contributed by atoms with Crippen LogP contribution in [0.1, 0.15) is 12.0 Å². The molecule has 0 aromatic heterocycles. The molecule has 94 valence electrons. The highest BCUT2D eigenvalue weighted by Crippen LogP contribution is 2.17. The molecule has 1 aromatic carbocycles. The highest BCUT2D eigenvalue weighted by molar-refractivity contribution is 6.19. The number of nitriles is 1. The van der Waals surface area contributed by atoms with E-state index in [-0.39, 0.29) is 23.6 Å². The number of carbonyl (C=O) groups is 2. The number of halogens is 2. The molecule has 0 bridgehead atoms. The summed E-state index contributed by atoms with van der Waals surface area (Å²) >= 11 is 5.32. The maximum absolute atomic E-state index is 13.2. The Morgan fingerprint density at radius 2 is 2.17 bits per heavy atom. The van der Waals surface area contributed by atoms with E-state index in [4.69, 9.17) is 16.9 Å². The molecule has 7 heteroatoms. The lowest BCUT2D eigenvalue weighted by molar-refractivity contribution is -0.119. The highest BCUT2D eigenvalue weighted by Gasteiger charge is 2.12. The Morgan fingerprint density at radius 3 is 2.78 bits per heavy atom. The average Bonchev–Trinajstić information content (AvgIpc) is 2.29. The predicted octanol–water partition coefficient (Wildman–Crippen LogP) is 1.97. The molecule has 0 spiro atoms. The molecule has 5 nitrogen and oxygen atoms in total. The van der Waals surface area contributed by atoms with E-state index >= 15 is 0 Å². The average molecular weight is 270 g/mol. The van der Waals surface area contributed by atoms with Crippen LogP contribution in [0.2, 0.25) is 0 Å². The second kappa shape index (κ2) is 6.57. The lowest BCUT2D eigenvalue weighted by Crippen LogP contribution is -2.34. The van der Waals surface area contributed by atoms with E-state index < -0.39 is 17.8 Å². The van der Waals surface area contributed by atoms with Gasteiger partial charge in [-0.05, 0) is 12.1 Å². The molecule has 18 heavy (non-hydrogen) atoms. The summed E-state index contributed by atoms with van der Waals surface area (Å²) in [5, 5.41) is 12.9. The van der Waals surface area contributed by atoms with Crippen molar-refractivity contribution in [1.82, 2.24) is 5.32 Å². The third-order valence-electron chi connectivity index (χ3n) is 1.95. The Morgan fingerprint density at radius 1 is 1.44 bits per heavy atom. The predicted molar refractivity (Wildman–Crippen MR) is 63.6 cm³/mol. The number of nitrogens with zero attached hydrogens (tertiary/aromatic N) is 1. The molecule has 2 N–H and O–H groups in total. The van der Waals surface area contributed by atoms with Gasteiger partial charge in [0.15, 0.2) is 0 Å². The van der Waals surface area contributed by atoms with E-state index in [1.807, 2.05) is 5.32 Å². The van der Waals surface area contributed by atoms with Gasteiger partial charge in [0.1, 0.15) is 17.4 Å². The van der Waals surface area contributed by atoms with Crippen molar-refractivity contribution in [3.8, 4) is 6.07 Å². The van der Waals surface area contributed by atoms with Crippen LogP contribution in [-0.2, 0) is 4.79 Å². The van der Waals surface area contributed by atoms with Crippen molar-refractivity contribution in [1.29, 1.82) is 5.26 Å². The largest absolute Gasteiger partial charge is 0.325 e. The van der Waals surface area contributed by atoms with Crippen LogP contribution in [0.15, 0.2) is 18.2 Å². The quantitative estimate of drug-likeness (QED) is 0.823. The molecule has 0 aliphatic carbocycles. The zero-order valence-electron chi connectivity index (χ0n) is 9.17. The van der Waals surface area contributed by atoms with E-state index in [2.05, 4.69) is 5.32 Å². The lowest BCUT2D eigenvalue weighted by Gasteiger charge is -2.07. The molecule has 1 aromatic rings. The van der Waals surface area contributed by atoms with Crippen molar-refractivity contribution in [3.63, 3.8) is 0 Å². The number of hydrogen-bond donors (Lipinski definition) is 2. The highest BCUT2D eigenvalue weighted by atomic mass is 35.5. The number of rotatable bonds is 3. The zero-order chi connectivity index (χ0) is 13.5. The van der Waals surface area contributed by atoms with E-state index in [0.717, 1.165) is 6.07 Å². The summed E-state index contributed by atoms with van der Waals surface area (Å²) in [6, 6.07) is 4.58. The second-order valence-electron chi connectivity index (χ2n) is 3.22. The van der Waals surface area contributed by atoms with E-state index in [9.17, 15) is 14.0 Å². The topological polar surface area (TPSA) is 82.0 Å². The molecule has 0 aliphatic heterocycles. The second-order valence-corrected chi connectivity index (χ2v) is 3.59. The molecule has 3 amide bonds. The first kappa shape index (κ1) is 13.9. The molecule has 0 atom stereocenters. The number of benzene rings is 1. The van der Waals surface area contributed by atoms with Crippen molar-refractivity contribution in [2.75, 3.05) is 11.2 Å². The van der Waals surface area contributed by atoms with Crippen LogP contribution in [0.4, 0.5) is 14.9 Å². The first-order valence-corrected chi connectivity index (χ1v) is 5.47. The van der Waals surface area contributed by atoms with Crippen molar-refractivity contribution in [2.24, 2.45) is 0 Å². The Labute approximate surface area is 108 Å². The van der Waals surface area contributed by atoms with Gasteiger partial charge in [-0.15, -0.1) is 11.6 Å². The molecule has 0 aliphatic rings. The molecule has 0 heterocycles. The minimum atomic E-state index is -0.841. The van der Waals surface area contributed by atoms with Gasteiger partial charge in [-0.3, -0.25) is 10.1 Å². The van der Waals surface area contributed by atoms with Crippen molar-refractivity contribution in [2.45, 2.75) is 6.42 Å². The standard InChI is InChI=1S/C11H9ClFN3O2/c12-5-4-10(17)16-11(18)15-9-3-1-2-8(13)7(9)6-14/h1-3H,4-5H2,(H2,15,16,17,18). The molecule has 0 saturated heterocycles. The van der Waals surface area contributed by atoms with E-state index in [1.165, 1.54) is 12.1 Å². The van der Waals surface area contributed by atoms with Gasteiger partial charge in [0, 0.05) is 12.3 Å². The number of amides is 3. The monoisotopic (exact) mass is 269 g/mol. The Balaban J connectivity index is 2.74. The lowest BCUT2D eigenvalue weighted by atomic mass is 10.2. The molecular formula is C11H9ClFN3O2. The molecule has 0 fully saturated rings. The number of hydrogen-bond acceptors (Lipinski definition) is 3. The number of alkyl halides is 1. The minimum absolute atomic E-state index is 0.00586. The number of nitrogens with one attached hydrogen (secondary N) is 2. The van der Waals surface area contributed by atoms with Crippen LogP contribution in [0, 0.1) is 17.1 Å². The Bertz CT molecular complexity index is 514. The van der Waals surface area contributed by atoms with Gasteiger partial charge in [0.2, 0.25) is 5.91 Å². The van der Waals surface area contributed by atoms with Crippen molar-refractivity contribution < 1.29 is 14.0 Å². The van der Waals surface area contributed by atoms with Crippen LogP contribution >= 0.6 is 11.6 Å². The van der Waals surface area contributed by atoms with Crippen molar-refractivity contribution in [3.05, 3.63) is 29.6 Å². The van der Waals surface area contributed by atoms with Gasteiger partial charge in [-0.2, -0.15) is 5.26 Å². The molecule has 0 radical (unpaired) electrons. The summed E-state index contributed by atoms with van der Waals surface area (Å²) < 4.78 is 13.2. The summed E-state index contributed by atoms with van der Waals surface area (Å²) in [6.07, 6.45) is -0.0107. The van der Waals surface area contributed by atoms with Gasteiger partial charge < -0.3 is 5.32 Å². The third-order valence-corrected chi connectivity index (χ3v) is 2.14. The maximum atomic E-state index is 13.2. The fourth-order valence-corrected chi connectivity index (χ4v) is 1.34. The van der Waals surface area contributed by atoms with Crippen LogP contribution in [0.5, 0.6) is 0 Å². The maximum Gasteiger partial charge on any atom is 0.325 e. The fourth-order valence-electron chi connectivity index (χ4n) is 1.17. The summed E-state index contributed by atoms with van der Waals surface area (Å²) in [5.41, 5.74) is -0.300. The normalized spacial score (nSPS) is 9.39. The van der Waals surface area contributed by atoms with Gasteiger partial charge in [-0.1, -0.05) is 6.07 Å². The van der Waals surface area contributed by atoms with Gasteiger partial charge in [0.05, 0.1) is 5.69 Å². The number of imide groups is 1. The summed E-state index contributed by atoms with van der Waals surface area (Å²) in [6.45, 7) is 0. The van der Waals surface area contributed by atoms with Crippen LogP contribution < -0.4 is 10.6 Å². The van der Waals surface area contributed by atoms with E-state index in [1.54, 1.807) is 6.07 Å². The van der Waals surface area contributed by atoms with Gasteiger partial charge in [0.25, 0.3) is 0 Å². The summed E-state index contributed by atoms with van der Waals surface area (Å²) in [5.74, 6) is -1.22. The number of anilines is 1. The van der Waals surface area contributed by atoms with Gasteiger partial charge >= 0.3 is 6.03 Å². The number of carbonyl (C=O) groups excluding carboxylic acids is 2. The van der Waals surface area contributed by atoms with Crippen LogP contribution in [0.3, 0.4) is 0 Å². The Kier molecular flexibility index (Phi) is 5.08. The Hall–Kier alpha value is -2.13. The smallest absolute Gasteiger partial charge is 0.306 e. The zero-order valence-corrected chi connectivity index (χ0v) is 9.92. The number of urea groups is 1. The van der Waals surface area contributed by atoms with Crippen LogP contribution in [-0.4, -0.2) is 17.8 Å². The SMILES string of the molecule is N#Cc1c(F)cccc1NC(=O)NC(=O)CCCl. The van der Waals surface area contributed by atoms with Gasteiger partial charge in [-0.25, -0.2) is 9.18 Å². The summed E-state index contributed by atoms with van der Waals surface area (Å²) in [7, 11) is 0. The first-order valence-electron chi connectivity index (χ1n) is 4.94.